The SMILES string of the molecule is CC(C)C(=O)Nc1ccc(-c2ccc3nc(N)nc(OCCCF)c3n2)cc1. The van der Waals surface area contributed by atoms with Gasteiger partial charge < -0.3 is 15.8 Å². The predicted molar refractivity (Wildman–Crippen MR) is 107 cm³/mol. The summed E-state index contributed by atoms with van der Waals surface area (Å²) in [6.07, 6.45) is 0.259. The number of rotatable bonds is 7. The normalized spacial score (nSPS) is 11.0. The summed E-state index contributed by atoms with van der Waals surface area (Å²) in [7, 11) is 0. The number of hydrogen-bond donors (Lipinski definition) is 2. The van der Waals surface area contributed by atoms with Gasteiger partial charge in [-0.25, -0.2) is 9.97 Å². The van der Waals surface area contributed by atoms with Gasteiger partial charge in [0, 0.05) is 23.6 Å². The van der Waals surface area contributed by atoms with Crippen LogP contribution in [0.1, 0.15) is 20.3 Å². The number of amides is 1. The fourth-order valence-corrected chi connectivity index (χ4v) is 2.50. The third-order valence-corrected chi connectivity index (χ3v) is 4.02. The van der Waals surface area contributed by atoms with Gasteiger partial charge in [0.15, 0.2) is 5.52 Å². The largest absolute Gasteiger partial charge is 0.476 e. The van der Waals surface area contributed by atoms with Crippen LogP contribution in [0, 0.1) is 5.92 Å². The molecule has 2 heterocycles. The average molecular weight is 383 g/mol. The number of ether oxygens (including phenoxy) is 1. The maximum atomic E-state index is 12.4. The van der Waals surface area contributed by atoms with Gasteiger partial charge in [0.2, 0.25) is 17.7 Å². The Bertz CT molecular complexity index is 976. The summed E-state index contributed by atoms with van der Waals surface area (Å²) in [5, 5.41) is 2.85. The van der Waals surface area contributed by atoms with Gasteiger partial charge in [0.05, 0.1) is 24.5 Å². The van der Waals surface area contributed by atoms with E-state index in [1.165, 1.54) is 0 Å². The summed E-state index contributed by atoms with van der Waals surface area (Å²) in [4.78, 5) is 24.6. The first kappa shape index (κ1) is 19.5. The van der Waals surface area contributed by atoms with Crippen LogP contribution in [-0.2, 0) is 4.79 Å². The molecule has 0 radical (unpaired) electrons. The van der Waals surface area contributed by atoms with E-state index in [9.17, 15) is 9.18 Å². The second kappa shape index (κ2) is 8.60. The lowest BCUT2D eigenvalue weighted by Gasteiger charge is -2.10. The molecule has 1 amide bonds. The van der Waals surface area contributed by atoms with Crippen LogP contribution in [0.5, 0.6) is 5.88 Å². The summed E-state index contributed by atoms with van der Waals surface area (Å²) in [5.41, 5.74) is 8.99. The topological polar surface area (TPSA) is 103 Å². The molecular formula is C20H22FN5O2. The van der Waals surface area contributed by atoms with E-state index in [0.29, 0.717) is 16.7 Å². The van der Waals surface area contributed by atoms with Gasteiger partial charge in [-0.3, -0.25) is 9.18 Å². The first-order valence-electron chi connectivity index (χ1n) is 9.02. The Morgan fingerprint density at radius 1 is 1.14 bits per heavy atom. The van der Waals surface area contributed by atoms with Crippen molar-refractivity contribution in [2.24, 2.45) is 5.92 Å². The minimum atomic E-state index is -0.475. The number of hydrogen-bond acceptors (Lipinski definition) is 6. The van der Waals surface area contributed by atoms with Gasteiger partial charge in [-0.2, -0.15) is 4.98 Å². The summed E-state index contributed by atoms with van der Waals surface area (Å²) in [6.45, 7) is 3.38. The highest BCUT2D eigenvalue weighted by molar-refractivity contribution is 5.92. The number of halogens is 1. The zero-order valence-electron chi connectivity index (χ0n) is 15.8. The molecule has 28 heavy (non-hydrogen) atoms. The number of fused-ring (bicyclic) bond motifs is 1. The number of nitrogen functional groups attached to an aromatic ring is 1. The number of nitrogens with one attached hydrogen (secondary N) is 1. The third-order valence-electron chi connectivity index (χ3n) is 4.02. The number of carbonyl (C=O) groups is 1. The minimum Gasteiger partial charge on any atom is -0.476 e. The molecule has 3 aromatic rings. The smallest absolute Gasteiger partial charge is 0.245 e. The van der Waals surface area contributed by atoms with E-state index in [4.69, 9.17) is 10.5 Å². The lowest BCUT2D eigenvalue weighted by atomic mass is 10.1. The first-order valence-corrected chi connectivity index (χ1v) is 9.02. The van der Waals surface area contributed by atoms with Crippen molar-refractivity contribution in [1.82, 2.24) is 15.0 Å². The lowest BCUT2D eigenvalue weighted by Crippen LogP contribution is -2.17. The molecule has 0 unspecified atom stereocenters. The van der Waals surface area contributed by atoms with E-state index in [1.807, 2.05) is 44.2 Å². The standard InChI is InChI=1S/C20H22FN5O2/c1-12(2)18(27)23-14-6-4-13(5-7-14)15-8-9-16-17(24-15)19(26-20(22)25-16)28-11-3-10-21/h4-9,12H,3,10-11H2,1-2H3,(H,23,27)(H2,22,25,26). The van der Waals surface area contributed by atoms with E-state index in [-0.39, 0.29) is 36.7 Å². The Morgan fingerprint density at radius 2 is 1.89 bits per heavy atom. The minimum absolute atomic E-state index is 0.0404. The van der Waals surface area contributed by atoms with Gasteiger partial charge in [-0.15, -0.1) is 0 Å². The fourth-order valence-electron chi connectivity index (χ4n) is 2.50. The molecule has 1 aromatic carbocycles. The van der Waals surface area contributed by atoms with E-state index in [0.717, 1.165) is 11.3 Å². The number of nitrogens with two attached hydrogens (primary N) is 1. The van der Waals surface area contributed by atoms with Crippen molar-refractivity contribution in [2.75, 3.05) is 24.3 Å². The molecule has 0 fully saturated rings. The monoisotopic (exact) mass is 383 g/mol. The highest BCUT2D eigenvalue weighted by Crippen LogP contribution is 2.26. The Morgan fingerprint density at radius 3 is 2.57 bits per heavy atom. The molecule has 0 aliphatic carbocycles. The zero-order valence-corrected chi connectivity index (χ0v) is 15.8. The number of carbonyl (C=O) groups excluding carboxylic acids is 1. The van der Waals surface area contributed by atoms with Crippen LogP contribution in [0.2, 0.25) is 0 Å². The van der Waals surface area contributed by atoms with Crippen LogP contribution in [0.4, 0.5) is 16.0 Å². The first-order chi connectivity index (χ1) is 13.5. The third kappa shape index (κ3) is 4.51. The molecule has 0 saturated carbocycles. The summed E-state index contributed by atoms with van der Waals surface area (Å²) in [6, 6.07) is 11.0. The van der Waals surface area contributed by atoms with E-state index in [2.05, 4.69) is 20.3 Å². The van der Waals surface area contributed by atoms with Crippen molar-refractivity contribution >= 4 is 28.6 Å². The van der Waals surface area contributed by atoms with Gasteiger partial charge in [0.25, 0.3) is 0 Å². The number of alkyl halides is 1. The average Bonchev–Trinajstić information content (AvgIpc) is 2.68. The molecule has 3 N–H and O–H groups in total. The Kier molecular flexibility index (Phi) is 5.98. The maximum absolute atomic E-state index is 12.4. The van der Waals surface area contributed by atoms with Crippen LogP contribution < -0.4 is 15.8 Å². The number of anilines is 2. The van der Waals surface area contributed by atoms with Crippen molar-refractivity contribution < 1.29 is 13.9 Å². The summed E-state index contributed by atoms with van der Waals surface area (Å²) in [5.74, 6) is 0.174. The molecule has 0 aliphatic rings. The second-order valence-electron chi connectivity index (χ2n) is 6.56. The molecule has 7 nitrogen and oxygen atoms in total. The summed E-state index contributed by atoms with van der Waals surface area (Å²) >= 11 is 0. The zero-order chi connectivity index (χ0) is 20.1. The molecule has 0 aliphatic heterocycles. The van der Waals surface area contributed by atoms with E-state index in [1.54, 1.807) is 6.07 Å². The molecule has 3 rings (SSSR count). The molecule has 0 atom stereocenters. The van der Waals surface area contributed by atoms with Gasteiger partial charge >= 0.3 is 0 Å². The van der Waals surface area contributed by atoms with E-state index < -0.39 is 6.67 Å². The molecule has 0 bridgehead atoms. The maximum Gasteiger partial charge on any atom is 0.245 e. The van der Waals surface area contributed by atoms with Gasteiger partial charge in [0.1, 0.15) is 0 Å². The van der Waals surface area contributed by atoms with Crippen molar-refractivity contribution in [2.45, 2.75) is 20.3 Å². The molecule has 0 saturated heterocycles. The Labute approximate surface area is 162 Å². The van der Waals surface area contributed by atoms with Crippen LogP contribution in [0.3, 0.4) is 0 Å². The molecule has 8 heteroatoms. The van der Waals surface area contributed by atoms with Crippen LogP contribution in [-0.4, -0.2) is 34.1 Å². The van der Waals surface area contributed by atoms with Gasteiger partial charge in [-0.1, -0.05) is 26.0 Å². The second-order valence-corrected chi connectivity index (χ2v) is 6.56. The summed E-state index contributed by atoms with van der Waals surface area (Å²) < 4.78 is 17.9. The Balaban J connectivity index is 1.89. The number of nitrogens with zero attached hydrogens (tertiary/aromatic N) is 3. The molecular weight excluding hydrogens is 361 g/mol. The van der Waals surface area contributed by atoms with E-state index >= 15 is 0 Å². The Hall–Kier alpha value is -3.29. The predicted octanol–water partition coefficient (Wildman–Crippen LogP) is 3.61. The highest BCUT2D eigenvalue weighted by atomic mass is 19.1. The number of benzene rings is 1. The van der Waals surface area contributed by atoms with Crippen molar-refractivity contribution in [3.8, 4) is 17.1 Å². The number of pyridine rings is 1. The quantitative estimate of drug-likeness (QED) is 0.604. The molecule has 0 spiro atoms. The van der Waals surface area contributed by atoms with Crippen LogP contribution in [0.25, 0.3) is 22.3 Å². The fraction of sp³-hybridized carbons (Fsp3) is 0.300. The van der Waals surface area contributed by atoms with Crippen LogP contribution >= 0.6 is 0 Å². The van der Waals surface area contributed by atoms with Crippen molar-refractivity contribution in [1.29, 1.82) is 0 Å². The van der Waals surface area contributed by atoms with Crippen molar-refractivity contribution in [3.05, 3.63) is 36.4 Å². The van der Waals surface area contributed by atoms with Crippen LogP contribution in [0.15, 0.2) is 36.4 Å². The van der Waals surface area contributed by atoms with Crippen molar-refractivity contribution in [3.63, 3.8) is 0 Å². The lowest BCUT2D eigenvalue weighted by molar-refractivity contribution is -0.118. The highest BCUT2D eigenvalue weighted by Gasteiger charge is 2.12. The van der Waals surface area contributed by atoms with Gasteiger partial charge in [-0.05, 0) is 24.3 Å². The molecule has 146 valence electrons. The molecule has 2 aromatic heterocycles. The number of aromatic nitrogens is 3.